The van der Waals surface area contributed by atoms with E-state index in [1.54, 1.807) is 0 Å². The van der Waals surface area contributed by atoms with Gasteiger partial charge < -0.3 is 9.84 Å². The summed E-state index contributed by atoms with van der Waals surface area (Å²) in [5.41, 5.74) is 2.03. The van der Waals surface area contributed by atoms with E-state index in [1.807, 2.05) is 26.0 Å². The van der Waals surface area contributed by atoms with Crippen molar-refractivity contribution in [2.75, 3.05) is 0 Å². The second kappa shape index (κ2) is 5.93. The van der Waals surface area contributed by atoms with Crippen molar-refractivity contribution < 1.29 is 14.6 Å². The fraction of sp³-hybridized carbons (Fsp3) is 0.143. The number of halogens is 2. The maximum atomic E-state index is 11.2. The lowest BCUT2D eigenvalue weighted by Crippen LogP contribution is -2.02. The first-order valence-corrected chi connectivity index (χ1v) is 7.30. The molecule has 0 unspecified atom stereocenters. The average Bonchev–Trinajstić information content (AvgIpc) is 2.37. The number of nitrogens with zero attached hydrogens (tertiary/aromatic N) is 1. The van der Waals surface area contributed by atoms with Crippen molar-refractivity contribution in [2.24, 2.45) is 0 Å². The first-order chi connectivity index (χ1) is 9.38. The number of aromatic nitrogens is 1. The van der Waals surface area contributed by atoms with E-state index in [1.165, 1.54) is 12.3 Å². The van der Waals surface area contributed by atoms with Gasteiger partial charge in [-0.25, -0.2) is 9.78 Å². The second-order valence-electron chi connectivity index (χ2n) is 4.28. The maximum absolute atomic E-state index is 11.2. The highest BCUT2D eigenvalue weighted by Gasteiger charge is 2.15. The third-order valence-electron chi connectivity index (χ3n) is 2.67. The van der Waals surface area contributed by atoms with Crippen molar-refractivity contribution in [3.63, 3.8) is 0 Å². The molecule has 1 N–H and O–H groups in total. The van der Waals surface area contributed by atoms with E-state index in [-0.39, 0.29) is 11.4 Å². The largest absolute Gasteiger partial charge is 0.477 e. The molecule has 0 aliphatic heterocycles. The summed E-state index contributed by atoms with van der Waals surface area (Å²) in [6.07, 6.45) is 1.50. The Balaban J connectivity index is 2.42. The van der Waals surface area contributed by atoms with Gasteiger partial charge in [0.2, 0.25) is 5.88 Å². The van der Waals surface area contributed by atoms with Crippen LogP contribution in [0.25, 0.3) is 0 Å². The normalized spacial score (nSPS) is 10.4. The number of carboxylic acids is 1. The van der Waals surface area contributed by atoms with Gasteiger partial charge in [-0.15, -0.1) is 0 Å². The minimum absolute atomic E-state index is 0.0117. The van der Waals surface area contributed by atoms with Gasteiger partial charge >= 0.3 is 5.97 Å². The molecule has 0 amide bonds. The Hall–Kier alpha value is -1.40. The maximum Gasteiger partial charge on any atom is 0.341 e. The highest BCUT2D eigenvalue weighted by Crippen LogP contribution is 2.30. The summed E-state index contributed by atoms with van der Waals surface area (Å²) in [4.78, 5) is 15.2. The summed E-state index contributed by atoms with van der Waals surface area (Å²) in [7, 11) is 0. The van der Waals surface area contributed by atoms with Crippen LogP contribution < -0.4 is 4.74 Å². The van der Waals surface area contributed by atoms with E-state index in [0.717, 1.165) is 15.6 Å². The number of aromatic carboxylic acids is 1. The van der Waals surface area contributed by atoms with Crippen LogP contribution in [0.1, 0.15) is 21.5 Å². The predicted octanol–water partition coefficient (Wildman–Crippen LogP) is 4.71. The topological polar surface area (TPSA) is 59.4 Å². The molecule has 2 aromatic rings. The molecule has 6 heteroatoms. The van der Waals surface area contributed by atoms with Crippen molar-refractivity contribution in [1.82, 2.24) is 4.98 Å². The molecule has 2 rings (SSSR count). The number of carbonyl (C=O) groups is 1. The lowest BCUT2D eigenvalue weighted by Gasteiger charge is -2.11. The van der Waals surface area contributed by atoms with Gasteiger partial charge in [-0.3, -0.25) is 0 Å². The molecular weight excluding hydrogens is 390 g/mol. The highest BCUT2D eigenvalue weighted by atomic mass is 79.9. The number of rotatable bonds is 3. The van der Waals surface area contributed by atoms with Crippen LogP contribution >= 0.6 is 31.9 Å². The van der Waals surface area contributed by atoms with Crippen LogP contribution in [-0.2, 0) is 0 Å². The fourth-order valence-electron chi connectivity index (χ4n) is 1.74. The van der Waals surface area contributed by atoms with E-state index in [0.29, 0.717) is 10.2 Å². The minimum atomic E-state index is -1.08. The molecule has 20 heavy (non-hydrogen) atoms. The highest BCUT2D eigenvalue weighted by molar-refractivity contribution is 9.10. The van der Waals surface area contributed by atoms with Crippen molar-refractivity contribution in [2.45, 2.75) is 13.8 Å². The molecule has 1 heterocycles. The summed E-state index contributed by atoms with van der Waals surface area (Å²) >= 11 is 6.67. The van der Waals surface area contributed by atoms with Gasteiger partial charge in [-0.05, 0) is 59.1 Å². The molecule has 0 aliphatic rings. The van der Waals surface area contributed by atoms with E-state index < -0.39 is 5.97 Å². The molecule has 1 aromatic heterocycles. The third kappa shape index (κ3) is 3.19. The lowest BCUT2D eigenvalue weighted by molar-refractivity contribution is 0.0693. The molecule has 0 atom stereocenters. The van der Waals surface area contributed by atoms with Crippen molar-refractivity contribution >= 4 is 37.8 Å². The Labute approximate surface area is 133 Å². The minimum Gasteiger partial charge on any atom is -0.477 e. The Morgan fingerprint density at radius 2 is 1.80 bits per heavy atom. The van der Waals surface area contributed by atoms with Crippen molar-refractivity contribution in [1.29, 1.82) is 0 Å². The lowest BCUT2D eigenvalue weighted by atomic mass is 10.1. The molecule has 104 valence electrons. The monoisotopic (exact) mass is 399 g/mol. The van der Waals surface area contributed by atoms with Gasteiger partial charge in [0.25, 0.3) is 0 Å². The Morgan fingerprint density at radius 3 is 2.35 bits per heavy atom. The number of pyridine rings is 1. The first-order valence-electron chi connectivity index (χ1n) is 5.72. The van der Waals surface area contributed by atoms with Crippen LogP contribution in [-0.4, -0.2) is 16.1 Å². The number of benzene rings is 1. The van der Waals surface area contributed by atoms with Crippen LogP contribution in [0.4, 0.5) is 0 Å². The Morgan fingerprint density at radius 1 is 1.20 bits per heavy atom. The Bertz CT molecular complexity index is 663. The molecule has 0 spiro atoms. The SMILES string of the molecule is Cc1cc(Oc2ncc(Br)cc2C(=O)O)cc(C)c1Br. The van der Waals surface area contributed by atoms with Gasteiger partial charge in [0.05, 0.1) is 0 Å². The van der Waals surface area contributed by atoms with E-state index >= 15 is 0 Å². The summed E-state index contributed by atoms with van der Waals surface area (Å²) < 4.78 is 7.20. The Kier molecular flexibility index (Phi) is 4.45. The van der Waals surface area contributed by atoms with E-state index in [4.69, 9.17) is 4.74 Å². The summed E-state index contributed by atoms with van der Waals surface area (Å²) in [6.45, 7) is 3.88. The molecule has 0 saturated heterocycles. The van der Waals surface area contributed by atoms with Crippen LogP contribution in [0, 0.1) is 13.8 Å². The number of carboxylic acid groups (broad SMARTS) is 1. The van der Waals surface area contributed by atoms with Crippen LogP contribution in [0.3, 0.4) is 0 Å². The van der Waals surface area contributed by atoms with Crippen molar-refractivity contribution in [3.05, 3.63) is 50.0 Å². The second-order valence-corrected chi connectivity index (χ2v) is 5.99. The fourth-order valence-corrected chi connectivity index (χ4v) is 2.30. The smallest absolute Gasteiger partial charge is 0.341 e. The standard InChI is InChI=1S/C14H11Br2NO3/c1-7-3-10(4-8(2)12(7)16)20-13-11(14(18)19)5-9(15)6-17-13/h3-6H,1-2H3,(H,18,19). The van der Waals surface area contributed by atoms with Gasteiger partial charge in [0.15, 0.2) is 0 Å². The molecule has 0 aliphatic carbocycles. The summed E-state index contributed by atoms with van der Waals surface area (Å²) in [5, 5.41) is 9.17. The van der Waals surface area contributed by atoms with Gasteiger partial charge in [-0.2, -0.15) is 0 Å². The zero-order valence-corrected chi connectivity index (χ0v) is 13.9. The summed E-state index contributed by atoms with van der Waals surface area (Å²) in [5.74, 6) is -0.457. The van der Waals surface area contributed by atoms with Gasteiger partial charge in [0, 0.05) is 15.1 Å². The molecule has 0 bridgehead atoms. The molecule has 1 aromatic carbocycles. The third-order valence-corrected chi connectivity index (χ3v) is 4.36. The van der Waals surface area contributed by atoms with Crippen LogP contribution in [0.2, 0.25) is 0 Å². The molecule has 4 nitrogen and oxygen atoms in total. The zero-order chi connectivity index (χ0) is 14.9. The molecule has 0 fully saturated rings. The molecular formula is C14H11Br2NO3. The van der Waals surface area contributed by atoms with Crippen LogP contribution in [0.5, 0.6) is 11.6 Å². The van der Waals surface area contributed by atoms with Crippen LogP contribution in [0.15, 0.2) is 33.3 Å². The van der Waals surface area contributed by atoms with Crippen molar-refractivity contribution in [3.8, 4) is 11.6 Å². The van der Waals surface area contributed by atoms with Gasteiger partial charge in [-0.1, -0.05) is 15.9 Å². The quantitative estimate of drug-likeness (QED) is 0.810. The average molecular weight is 401 g/mol. The summed E-state index contributed by atoms with van der Waals surface area (Å²) in [6, 6.07) is 5.11. The number of aryl methyl sites for hydroxylation is 2. The number of ether oxygens (including phenoxy) is 1. The molecule has 0 saturated carbocycles. The zero-order valence-electron chi connectivity index (χ0n) is 10.8. The van der Waals surface area contributed by atoms with Gasteiger partial charge in [0.1, 0.15) is 11.3 Å². The predicted molar refractivity (Wildman–Crippen MR) is 82.6 cm³/mol. The van der Waals surface area contributed by atoms with E-state index in [2.05, 4.69) is 36.8 Å². The first kappa shape index (κ1) is 15.0. The number of hydrogen-bond donors (Lipinski definition) is 1. The molecule has 0 radical (unpaired) electrons. The van der Waals surface area contributed by atoms with E-state index in [9.17, 15) is 9.90 Å². The number of hydrogen-bond acceptors (Lipinski definition) is 3.